The van der Waals surface area contributed by atoms with Crippen LogP contribution in [0.4, 0.5) is 16.3 Å². The highest BCUT2D eigenvalue weighted by Crippen LogP contribution is 2.18. The fraction of sp³-hybridized carbons (Fsp3) is 0.429. The number of aromatic nitrogens is 1. The third-order valence-corrected chi connectivity index (χ3v) is 4.83. The van der Waals surface area contributed by atoms with Gasteiger partial charge in [-0.1, -0.05) is 18.2 Å². The Morgan fingerprint density at radius 3 is 2.54 bits per heavy atom. The van der Waals surface area contributed by atoms with Gasteiger partial charge in [-0.3, -0.25) is 0 Å². The SMILES string of the molecule is CN(Cc1ccc(N(C)C)cc1)C(=O)NCc1cccnc1N1CCOCC1. The molecule has 150 valence electrons. The minimum absolute atomic E-state index is 0.103. The number of pyridine rings is 1. The Kier molecular flexibility index (Phi) is 6.71. The lowest BCUT2D eigenvalue weighted by Crippen LogP contribution is -2.39. The van der Waals surface area contributed by atoms with Crippen LogP contribution in [-0.2, 0) is 17.8 Å². The highest BCUT2D eigenvalue weighted by molar-refractivity contribution is 5.74. The largest absolute Gasteiger partial charge is 0.378 e. The van der Waals surface area contributed by atoms with E-state index in [2.05, 4.69) is 44.4 Å². The van der Waals surface area contributed by atoms with Crippen LogP contribution in [0.5, 0.6) is 0 Å². The van der Waals surface area contributed by atoms with Gasteiger partial charge in [-0.05, 0) is 23.8 Å². The fourth-order valence-electron chi connectivity index (χ4n) is 3.18. The number of rotatable bonds is 6. The number of amides is 2. The molecule has 1 aromatic carbocycles. The Bertz CT molecular complexity index is 773. The summed E-state index contributed by atoms with van der Waals surface area (Å²) in [6.07, 6.45) is 1.79. The molecule has 1 aromatic heterocycles. The maximum absolute atomic E-state index is 12.5. The number of ether oxygens (including phenoxy) is 1. The zero-order valence-electron chi connectivity index (χ0n) is 16.9. The molecule has 7 heteroatoms. The van der Waals surface area contributed by atoms with Crippen LogP contribution in [0.2, 0.25) is 0 Å². The molecule has 0 saturated carbocycles. The van der Waals surface area contributed by atoms with Crippen molar-refractivity contribution < 1.29 is 9.53 Å². The van der Waals surface area contributed by atoms with E-state index in [0.717, 1.165) is 35.7 Å². The van der Waals surface area contributed by atoms with Gasteiger partial charge in [-0.25, -0.2) is 9.78 Å². The summed E-state index contributed by atoms with van der Waals surface area (Å²) >= 11 is 0. The van der Waals surface area contributed by atoms with Crippen molar-refractivity contribution in [1.82, 2.24) is 15.2 Å². The van der Waals surface area contributed by atoms with Crippen molar-refractivity contribution in [2.75, 3.05) is 57.2 Å². The predicted molar refractivity (Wildman–Crippen MR) is 112 cm³/mol. The zero-order valence-corrected chi connectivity index (χ0v) is 16.9. The number of hydrogen-bond donors (Lipinski definition) is 1. The van der Waals surface area contributed by atoms with Gasteiger partial charge in [0.25, 0.3) is 0 Å². The summed E-state index contributed by atoms with van der Waals surface area (Å²) in [5.41, 5.74) is 3.25. The standard InChI is InChI=1S/C21H29N5O2/c1-24(2)19-8-6-17(7-9-19)16-25(3)21(27)23-15-18-5-4-10-22-20(18)26-11-13-28-14-12-26/h4-10H,11-16H2,1-3H3,(H,23,27). The smallest absolute Gasteiger partial charge is 0.317 e. The van der Waals surface area contributed by atoms with Crippen LogP contribution in [0.25, 0.3) is 0 Å². The molecule has 1 saturated heterocycles. The summed E-state index contributed by atoms with van der Waals surface area (Å²) in [5.74, 6) is 0.924. The van der Waals surface area contributed by atoms with Crippen molar-refractivity contribution in [2.24, 2.45) is 0 Å². The number of nitrogens with zero attached hydrogens (tertiary/aromatic N) is 4. The number of benzene rings is 1. The molecule has 2 heterocycles. The number of nitrogens with one attached hydrogen (secondary N) is 1. The summed E-state index contributed by atoms with van der Waals surface area (Å²) in [7, 11) is 5.83. The van der Waals surface area contributed by atoms with Crippen LogP contribution >= 0.6 is 0 Å². The second-order valence-corrected chi connectivity index (χ2v) is 7.16. The van der Waals surface area contributed by atoms with Gasteiger partial charge in [0, 0.05) is 64.8 Å². The quantitative estimate of drug-likeness (QED) is 0.830. The van der Waals surface area contributed by atoms with Crippen LogP contribution in [0.3, 0.4) is 0 Å². The van der Waals surface area contributed by atoms with E-state index in [1.807, 2.05) is 26.2 Å². The predicted octanol–water partition coefficient (Wildman–Crippen LogP) is 2.33. The Labute approximate surface area is 166 Å². The van der Waals surface area contributed by atoms with Gasteiger partial charge in [0.15, 0.2) is 0 Å². The van der Waals surface area contributed by atoms with E-state index in [0.29, 0.717) is 26.3 Å². The average molecular weight is 383 g/mol. The molecule has 1 aliphatic heterocycles. The minimum Gasteiger partial charge on any atom is -0.378 e. The molecule has 0 atom stereocenters. The Balaban J connectivity index is 1.56. The molecule has 2 amide bonds. The first kappa shape index (κ1) is 19.9. The van der Waals surface area contributed by atoms with E-state index < -0.39 is 0 Å². The lowest BCUT2D eigenvalue weighted by atomic mass is 10.2. The van der Waals surface area contributed by atoms with Gasteiger partial charge in [-0.15, -0.1) is 0 Å². The Hall–Kier alpha value is -2.80. The molecule has 0 unspecified atom stereocenters. The van der Waals surface area contributed by atoms with Crippen molar-refractivity contribution in [2.45, 2.75) is 13.1 Å². The molecule has 28 heavy (non-hydrogen) atoms. The van der Waals surface area contributed by atoms with Crippen LogP contribution in [0, 0.1) is 0 Å². The fourth-order valence-corrected chi connectivity index (χ4v) is 3.18. The average Bonchev–Trinajstić information content (AvgIpc) is 2.73. The summed E-state index contributed by atoms with van der Waals surface area (Å²) in [6, 6.07) is 12.0. The van der Waals surface area contributed by atoms with Crippen LogP contribution < -0.4 is 15.1 Å². The van der Waals surface area contributed by atoms with Gasteiger partial charge < -0.3 is 24.8 Å². The van der Waals surface area contributed by atoms with Crippen LogP contribution in [-0.4, -0.2) is 63.4 Å². The highest BCUT2D eigenvalue weighted by Gasteiger charge is 2.17. The normalized spacial score (nSPS) is 13.9. The van der Waals surface area contributed by atoms with Gasteiger partial charge in [0.05, 0.1) is 13.2 Å². The zero-order chi connectivity index (χ0) is 19.9. The number of urea groups is 1. The lowest BCUT2D eigenvalue weighted by Gasteiger charge is -2.29. The number of anilines is 2. The maximum Gasteiger partial charge on any atom is 0.317 e. The van der Waals surface area contributed by atoms with Gasteiger partial charge in [0.1, 0.15) is 5.82 Å². The van der Waals surface area contributed by atoms with Crippen LogP contribution in [0.15, 0.2) is 42.6 Å². The van der Waals surface area contributed by atoms with E-state index >= 15 is 0 Å². The van der Waals surface area contributed by atoms with Crippen molar-refractivity contribution in [3.63, 3.8) is 0 Å². The molecule has 7 nitrogen and oxygen atoms in total. The summed E-state index contributed by atoms with van der Waals surface area (Å²) in [5, 5.41) is 3.01. The first-order chi connectivity index (χ1) is 13.5. The van der Waals surface area contributed by atoms with E-state index in [9.17, 15) is 4.79 Å². The molecular formula is C21H29N5O2. The van der Waals surface area contributed by atoms with Crippen molar-refractivity contribution >= 4 is 17.5 Å². The number of carbonyl (C=O) groups is 1. The second kappa shape index (κ2) is 9.41. The summed E-state index contributed by atoms with van der Waals surface area (Å²) in [4.78, 5) is 23.0. The molecule has 0 bridgehead atoms. The molecule has 1 N–H and O–H groups in total. The first-order valence-corrected chi connectivity index (χ1v) is 9.56. The van der Waals surface area contributed by atoms with Crippen molar-refractivity contribution in [3.8, 4) is 0 Å². The second-order valence-electron chi connectivity index (χ2n) is 7.16. The van der Waals surface area contributed by atoms with Gasteiger partial charge >= 0.3 is 6.03 Å². The van der Waals surface area contributed by atoms with E-state index in [-0.39, 0.29) is 6.03 Å². The van der Waals surface area contributed by atoms with Crippen molar-refractivity contribution in [3.05, 3.63) is 53.7 Å². The van der Waals surface area contributed by atoms with Gasteiger partial charge in [0.2, 0.25) is 0 Å². The number of morpholine rings is 1. The highest BCUT2D eigenvalue weighted by atomic mass is 16.5. The van der Waals surface area contributed by atoms with Crippen molar-refractivity contribution in [1.29, 1.82) is 0 Å². The molecule has 0 spiro atoms. The molecular weight excluding hydrogens is 354 g/mol. The Morgan fingerprint density at radius 2 is 1.86 bits per heavy atom. The molecule has 0 aliphatic carbocycles. The third-order valence-electron chi connectivity index (χ3n) is 4.83. The van der Waals surface area contributed by atoms with E-state index in [4.69, 9.17) is 4.74 Å². The molecule has 1 aliphatic rings. The molecule has 2 aromatic rings. The minimum atomic E-state index is -0.103. The van der Waals surface area contributed by atoms with Gasteiger partial charge in [-0.2, -0.15) is 0 Å². The number of hydrogen-bond acceptors (Lipinski definition) is 5. The topological polar surface area (TPSA) is 60.9 Å². The Morgan fingerprint density at radius 1 is 1.14 bits per heavy atom. The third kappa shape index (κ3) is 5.13. The molecule has 0 radical (unpaired) electrons. The summed E-state index contributed by atoms with van der Waals surface area (Å²) in [6.45, 7) is 4.06. The lowest BCUT2D eigenvalue weighted by molar-refractivity contribution is 0.122. The monoisotopic (exact) mass is 383 g/mol. The molecule has 3 rings (SSSR count). The van der Waals surface area contributed by atoms with E-state index in [1.54, 1.807) is 18.1 Å². The maximum atomic E-state index is 12.5. The number of carbonyl (C=O) groups excluding carboxylic acids is 1. The molecule has 1 fully saturated rings. The van der Waals surface area contributed by atoms with E-state index in [1.165, 1.54) is 0 Å². The summed E-state index contributed by atoms with van der Waals surface area (Å²) < 4.78 is 5.42. The first-order valence-electron chi connectivity index (χ1n) is 9.56. The van der Waals surface area contributed by atoms with Crippen LogP contribution in [0.1, 0.15) is 11.1 Å².